The van der Waals surface area contributed by atoms with Crippen LogP contribution in [0.5, 0.6) is 0 Å². The minimum atomic E-state index is -2.29. The maximum Gasteiger partial charge on any atom is 0.257 e. The molecular formula is C16H10F5NO. The van der Waals surface area contributed by atoms with E-state index in [-0.39, 0.29) is 5.92 Å². The lowest BCUT2D eigenvalue weighted by Crippen LogP contribution is -2.29. The van der Waals surface area contributed by atoms with Gasteiger partial charge in [0.25, 0.3) is 5.91 Å². The lowest BCUT2D eigenvalue weighted by molar-refractivity contribution is 0.0938. The average Bonchev–Trinajstić information content (AvgIpc) is 3.31. The molecule has 7 heteroatoms. The first-order valence-corrected chi connectivity index (χ1v) is 6.79. The number of hydrogen-bond acceptors (Lipinski definition) is 1. The minimum absolute atomic E-state index is 0.0404. The van der Waals surface area contributed by atoms with Crippen LogP contribution in [0, 0.1) is 29.1 Å². The molecule has 0 heterocycles. The summed E-state index contributed by atoms with van der Waals surface area (Å²) in [7, 11) is 0. The van der Waals surface area contributed by atoms with E-state index in [0.717, 1.165) is 5.56 Å². The molecule has 0 aliphatic heterocycles. The molecule has 2 nitrogen and oxygen atoms in total. The first kappa shape index (κ1) is 15.5. The number of benzene rings is 2. The number of rotatable bonds is 3. The summed E-state index contributed by atoms with van der Waals surface area (Å²) in [6, 6.07) is 8.67. The second-order valence-electron chi connectivity index (χ2n) is 5.28. The Morgan fingerprint density at radius 2 is 1.39 bits per heavy atom. The van der Waals surface area contributed by atoms with Crippen LogP contribution in [0.15, 0.2) is 30.3 Å². The van der Waals surface area contributed by atoms with Crippen LogP contribution in [0.2, 0.25) is 0 Å². The van der Waals surface area contributed by atoms with E-state index in [1.807, 2.05) is 18.2 Å². The van der Waals surface area contributed by atoms with E-state index in [1.165, 1.54) is 0 Å². The van der Waals surface area contributed by atoms with Gasteiger partial charge in [0.1, 0.15) is 5.56 Å². The predicted molar refractivity (Wildman–Crippen MR) is 71.3 cm³/mol. The molecule has 0 radical (unpaired) electrons. The van der Waals surface area contributed by atoms with Crippen molar-refractivity contribution in [2.75, 3.05) is 0 Å². The van der Waals surface area contributed by atoms with E-state index < -0.39 is 46.6 Å². The number of nitrogens with one attached hydrogen (secondary N) is 1. The smallest absolute Gasteiger partial charge is 0.257 e. The van der Waals surface area contributed by atoms with Gasteiger partial charge in [0.05, 0.1) is 0 Å². The topological polar surface area (TPSA) is 29.1 Å². The third kappa shape index (κ3) is 2.67. The monoisotopic (exact) mass is 327 g/mol. The lowest BCUT2D eigenvalue weighted by Gasteiger charge is -2.09. The van der Waals surface area contributed by atoms with Crippen molar-refractivity contribution >= 4 is 5.91 Å². The van der Waals surface area contributed by atoms with Gasteiger partial charge in [0, 0.05) is 12.0 Å². The molecule has 0 spiro atoms. The van der Waals surface area contributed by atoms with Gasteiger partial charge in [-0.05, 0) is 12.0 Å². The fourth-order valence-corrected chi connectivity index (χ4v) is 2.47. The third-order valence-electron chi connectivity index (χ3n) is 3.77. The Bertz CT molecular complexity index is 749. The molecule has 0 aromatic heterocycles. The van der Waals surface area contributed by atoms with Crippen LogP contribution in [-0.4, -0.2) is 11.9 Å². The summed E-state index contributed by atoms with van der Waals surface area (Å²) in [5, 5.41) is 2.30. The Balaban J connectivity index is 1.81. The van der Waals surface area contributed by atoms with E-state index in [2.05, 4.69) is 5.32 Å². The number of hydrogen-bond donors (Lipinski definition) is 1. The van der Waals surface area contributed by atoms with Crippen molar-refractivity contribution in [3.63, 3.8) is 0 Å². The number of halogens is 5. The summed E-state index contributed by atoms with van der Waals surface area (Å²) in [6.45, 7) is 0. The van der Waals surface area contributed by atoms with Crippen LogP contribution in [0.25, 0.3) is 0 Å². The van der Waals surface area contributed by atoms with Gasteiger partial charge >= 0.3 is 0 Å². The van der Waals surface area contributed by atoms with Gasteiger partial charge in [0.2, 0.25) is 5.82 Å². The van der Waals surface area contributed by atoms with Gasteiger partial charge in [-0.1, -0.05) is 30.3 Å². The van der Waals surface area contributed by atoms with Gasteiger partial charge in [0.15, 0.2) is 23.3 Å². The van der Waals surface area contributed by atoms with E-state index >= 15 is 0 Å². The zero-order chi connectivity index (χ0) is 16.7. The summed E-state index contributed by atoms with van der Waals surface area (Å²) in [4.78, 5) is 11.9. The Morgan fingerprint density at radius 3 is 1.96 bits per heavy atom. The summed E-state index contributed by atoms with van der Waals surface area (Å²) in [6.07, 6.45) is 0.533. The first-order chi connectivity index (χ1) is 10.9. The maximum atomic E-state index is 13.6. The van der Waals surface area contributed by atoms with Crippen molar-refractivity contribution in [2.24, 2.45) is 0 Å². The quantitative estimate of drug-likeness (QED) is 0.520. The zero-order valence-electron chi connectivity index (χ0n) is 11.5. The van der Waals surface area contributed by atoms with Crippen LogP contribution in [0.4, 0.5) is 22.0 Å². The third-order valence-corrected chi connectivity index (χ3v) is 3.77. The highest BCUT2D eigenvalue weighted by Crippen LogP contribution is 2.40. The largest absolute Gasteiger partial charge is 0.348 e. The maximum absolute atomic E-state index is 13.6. The van der Waals surface area contributed by atoms with Gasteiger partial charge < -0.3 is 5.32 Å². The van der Waals surface area contributed by atoms with Crippen molar-refractivity contribution in [1.29, 1.82) is 0 Å². The molecule has 120 valence electrons. The summed E-state index contributed by atoms with van der Waals surface area (Å²) in [5.74, 6) is -12.2. The van der Waals surface area contributed by atoms with E-state index in [4.69, 9.17) is 0 Å². The molecule has 23 heavy (non-hydrogen) atoms. The number of carbonyl (C=O) groups excluding carboxylic acids is 1. The molecule has 1 amide bonds. The minimum Gasteiger partial charge on any atom is -0.348 e. The van der Waals surface area contributed by atoms with Crippen molar-refractivity contribution in [3.8, 4) is 0 Å². The SMILES string of the molecule is O=C(NC1CC1c1ccccc1)c1c(F)c(F)c(F)c(F)c1F. The van der Waals surface area contributed by atoms with E-state index in [1.54, 1.807) is 12.1 Å². The van der Waals surface area contributed by atoms with Crippen molar-refractivity contribution in [3.05, 3.63) is 70.5 Å². The fraction of sp³-hybridized carbons (Fsp3) is 0.188. The highest BCUT2D eigenvalue weighted by atomic mass is 19.2. The van der Waals surface area contributed by atoms with Crippen LogP contribution < -0.4 is 5.32 Å². The van der Waals surface area contributed by atoms with E-state index in [0.29, 0.717) is 6.42 Å². The van der Waals surface area contributed by atoms with Crippen LogP contribution in [-0.2, 0) is 0 Å². The molecule has 1 N–H and O–H groups in total. The zero-order valence-corrected chi connectivity index (χ0v) is 11.5. The summed E-state index contributed by atoms with van der Waals surface area (Å²) >= 11 is 0. The molecule has 1 aliphatic rings. The standard InChI is InChI=1S/C16H10F5NO/c17-11-10(12(18)14(20)15(21)13(11)19)16(23)22-9-6-8(9)7-4-2-1-3-5-7/h1-5,8-9H,6H2,(H,22,23). The molecule has 1 fully saturated rings. The van der Waals surface area contributed by atoms with E-state index in [9.17, 15) is 26.7 Å². The Kier molecular flexibility index (Phi) is 3.79. The number of carbonyl (C=O) groups is 1. The molecule has 2 aromatic rings. The fourth-order valence-electron chi connectivity index (χ4n) is 2.47. The molecule has 0 saturated heterocycles. The second-order valence-corrected chi connectivity index (χ2v) is 5.28. The van der Waals surface area contributed by atoms with Crippen LogP contribution in [0.1, 0.15) is 28.3 Å². The predicted octanol–water partition coefficient (Wildman–Crippen LogP) is 3.67. The number of amides is 1. The molecule has 1 aliphatic carbocycles. The highest BCUT2D eigenvalue weighted by molar-refractivity contribution is 5.95. The molecule has 1 saturated carbocycles. The van der Waals surface area contributed by atoms with Crippen LogP contribution >= 0.6 is 0 Å². The normalized spacial score (nSPS) is 19.5. The lowest BCUT2D eigenvalue weighted by atomic mass is 10.1. The van der Waals surface area contributed by atoms with Gasteiger partial charge in [-0.2, -0.15) is 0 Å². The van der Waals surface area contributed by atoms with Gasteiger partial charge in [-0.25, -0.2) is 22.0 Å². The van der Waals surface area contributed by atoms with Crippen molar-refractivity contribution in [2.45, 2.75) is 18.4 Å². The Labute approximate surface area is 127 Å². The van der Waals surface area contributed by atoms with Crippen molar-refractivity contribution < 1.29 is 26.7 Å². The van der Waals surface area contributed by atoms with Crippen LogP contribution in [0.3, 0.4) is 0 Å². The van der Waals surface area contributed by atoms with Gasteiger partial charge in [-0.15, -0.1) is 0 Å². The Hall–Kier alpha value is -2.44. The second kappa shape index (κ2) is 5.64. The molecule has 2 unspecified atom stereocenters. The average molecular weight is 327 g/mol. The molecule has 2 aromatic carbocycles. The molecule has 2 atom stereocenters. The first-order valence-electron chi connectivity index (χ1n) is 6.79. The highest BCUT2D eigenvalue weighted by Gasteiger charge is 2.41. The van der Waals surface area contributed by atoms with Gasteiger partial charge in [-0.3, -0.25) is 4.79 Å². The molecule has 0 bridgehead atoms. The summed E-state index contributed by atoms with van der Waals surface area (Å²) < 4.78 is 66.3. The molecular weight excluding hydrogens is 317 g/mol. The van der Waals surface area contributed by atoms with Crippen molar-refractivity contribution in [1.82, 2.24) is 5.32 Å². The molecule has 3 rings (SSSR count). The summed E-state index contributed by atoms with van der Waals surface area (Å²) in [5.41, 5.74) is -0.532. The Morgan fingerprint density at radius 1 is 0.870 bits per heavy atom.